The van der Waals surface area contributed by atoms with E-state index in [1.165, 1.54) is 18.2 Å². The number of aromatic nitrogens is 3. The van der Waals surface area contributed by atoms with Crippen molar-refractivity contribution in [2.45, 2.75) is 37.9 Å². The van der Waals surface area contributed by atoms with E-state index in [1.54, 1.807) is 0 Å². The van der Waals surface area contributed by atoms with Crippen LogP contribution < -0.4 is 17.1 Å². The van der Waals surface area contributed by atoms with Crippen LogP contribution in [-0.2, 0) is 33.8 Å². The molecule has 12 heteroatoms. The summed E-state index contributed by atoms with van der Waals surface area (Å²) in [4.78, 5) is 38.6. The zero-order valence-electron chi connectivity index (χ0n) is 18.6. The van der Waals surface area contributed by atoms with Crippen LogP contribution in [0.4, 0.5) is 0 Å². The fourth-order valence-corrected chi connectivity index (χ4v) is 2.80. The van der Waals surface area contributed by atoms with Gasteiger partial charge in [0.1, 0.15) is 0 Å². The SMILES string of the molecule is C=CCOCC(O)Cn1c(=O)n(CC(O)COCC=C)c(=O)n(CC(O)COCC=C)c1=O. The molecule has 0 aliphatic heterocycles. The number of nitrogens with zero attached hydrogens (tertiary/aromatic N) is 3. The summed E-state index contributed by atoms with van der Waals surface area (Å²) in [5.41, 5.74) is -3.07. The van der Waals surface area contributed by atoms with Crippen LogP contribution in [0.1, 0.15) is 0 Å². The van der Waals surface area contributed by atoms with Gasteiger partial charge in [0.15, 0.2) is 0 Å². The lowest BCUT2D eigenvalue weighted by atomic mass is 10.3. The second-order valence-electron chi connectivity index (χ2n) is 7.12. The number of hydrogen-bond acceptors (Lipinski definition) is 9. The first-order valence-corrected chi connectivity index (χ1v) is 10.3. The molecule has 0 radical (unpaired) electrons. The lowest BCUT2D eigenvalue weighted by Crippen LogP contribution is -2.57. The van der Waals surface area contributed by atoms with E-state index in [4.69, 9.17) is 14.2 Å². The standard InChI is InChI=1S/C21H33N3O9/c1-4-7-31-13-16(25)10-22-19(28)23(11-17(26)14-32-8-5-2)21(30)24(20(22)29)12-18(27)15-33-9-6-3/h4-6,16-18,25-27H,1-3,7-15H2. The molecule has 3 N–H and O–H groups in total. The van der Waals surface area contributed by atoms with Crippen LogP contribution in [0.25, 0.3) is 0 Å². The summed E-state index contributed by atoms with van der Waals surface area (Å²) in [5.74, 6) is 0. The van der Waals surface area contributed by atoms with Crippen LogP contribution >= 0.6 is 0 Å². The van der Waals surface area contributed by atoms with Gasteiger partial charge in [0.05, 0.1) is 77.6 Å². The van der Waals surface area contributed by atoms with Gasteiger partial charge in [-0.2, -0.15) is 0 Å². The van der Waals surface area contributed by atoms with E-state index in [1.807, 2.05) is 0 Å². The van der Waals surface area contributed by atoms with Crippen molar-refractivity contribution in [3.63, 3.8) is 0 Å². The first-order valence-electron chi connectivity index (χ1n) is 10.3. The van der Waals surface area contributed by atoms with Gasteiger partial charge in [0, 0.05) is 0 Å². The second kappa shape index (κ2) is 15.3. The van der Waals surface area contributed by atoms with E-state index >= 15 is 0 Å². The number of hydrogen-bond donors (Lipinski definition) is 3. The predicted octanol–water partition coefficient (Wildman–Crippen LogP) is -2.14. The number of rotatable bonds is 18. The average Bonchev–Trinajstić information content (AvgIpc) is 2.78. The summed E-state index contributed by atoms with van der Waals surface area (Å²) >= 11 is 0. The fraction of sp³-hybridized carbons (Fsp3) is 0.571. The van der Waals surface area contributed by atoms with Gasteiger partial charge in [-0.3, -0.25) is 0 Å². The second-order valence-corrected chi connectivity index (χ2v) is 7.12. The Morgan fingerprint density at radius 1 is 0.606 bits per heavy atom. The first kappa shape index (κ1) is 28.4. The average molecular weight is 472 g/mol. The number of aliphatic hydroxyl groups excluding tert-OH is 3. The molecule has 1 aromatic heterocycles. The van der Waals surface area contributed by atoms with E-state index in [0.29, 0.717) is 13.7 Å². The highest BCUT2D eigenvalue weighted by Crippen LogP contribution is 1.94. The minimum atomic E-state index is -1.24. The monoisotopic (exact) mass is 471 g/mol. The zero-order valence-corrected chi connectivity index (χ0v) is 18.6. The van der Waals surface area contributed by atoms with Gasteiger partial charge in [0.2, 0.25) is 0 Å². The lowest BCUT2D eigenvalue weighted by molar-refractivity contribution is 0.0283. The molecule has 186 valence electrons. The summed E-state index contributed by atoms with van der Waals surface area (Å²) in [6, 6.07) is 0. The first-order chi connectivity index (χ1) is 15.8. The highest BCUT2D eigenvalue weighted by atomic mass is 16.5. The molecule has 1 heterocycles. The molecule has 0 aliphatic carbocycles. The Kier molecular flexibility index (Phi) is 13.1. The molecule has 3 unspecified atom stereocenters. The summed E-state index contributed by atoms with van der Waals surface area (Å²) in [6.45, 7) is 8.93. The van der Waals surface area contributed by atoms with E-state index in [9.17, 15) is 29.7 Å². The lowest BCUT2D eigenvalue weighted by Gasteiger charge is -2.19. The third kappa shape index (κ3) is 9.42. The molecule has 12 nitrogen and oxygen atoms in total. The van der Waals surface area contributed by atoms with Gasteiger partial charge in [-0.25, -0.2) is 28.1 Å². The van der Waals surface area contributed by atoms with E-state index in [0.717, 1.165) is 0 Å². The van der Waals surface area contributed by atoms with Crippen molar-refractivity contribution in [2.75, 3.05) is 39.6 Å². The van der Waals surface area contributed by atoms with Crippen molar-refractivity contribution < 1.29 is 29.5 Å². The van der Waals surface area contributed by atoms with Gasteiger partial charge in [-0.15, -0.1) is 19.7 Å². The Balaban J connectivity index is 3.29. The minimum absolute atomic E-state index is 0.156. The maximum atomic E-state index is 12.9. The van der Waals surface area contributed by atoms with Crippen molar-refractivity contribution in [2.24, 2.45) is 0 Å². The highest BCUT2D eigenvalue weighted by molar-refractivity contribution is 4.82. The number of ether oxygens (including phenoxy) is 3. The van der Waals surface area contributed by atoms with E-state index < -0.39 is 55.0 Å². The van der Waals surface area contributed by atoms with Crippen LogP contribution in [0, 0.1) is 0 Å². The minimum Gasteiger partial charge on any atom is -0.389 e. The predicted molar refractivity (Wildman–Crippen MR) is 120 cm³/mol. The fourth-order valence-electron chi connectivity index (χ4n) is 2.80. The normalized spacial score (nSPS) is 13.9. The van der Waals surface area contributed by atoms with Crippen LogP contribution in [0.15, 0.2) is 52.3 Å². The van der Waals surface area contributed by atoms with Crippen molar-refractivity contribution in [3.8, 4) is 0 Å². The van der Waals surface area contributed by atoms with Crippen LogP contribution in [0.3, 0.4) is 0 Å². The molecule has 1 rings (SSSR count). The topological polar surface area (TPSA) is 154 Å². The summed E-state index contributed by atoms with van der Waals surface area (Å²) in [7, 11) is 0. The molecule has 0 saturated carbocycles. The van der Waals surface area contributed by atoms with Gasteiger partial charge < -0.3 is 29.5 Å². The Labute approximate surface area is 190 Å². The van der Waals surface area contributed by atoms with E-state index in [-0.39, 0.29) is 39.6 Å². The number of aliphatic hydroxyl groups is 3. The maximum absolute atomic E-state index is 12.9. The van der Waals surface area contributed by atoms with Crippen molar-refractivity contribution in [1.29, 1.82) is 0 Å². The van der Waals surface area contributed by atoms with Gasteiger partial charge in [-0.05, 0) is 0 Å². The van der Waals surface area contributed by atoms with Gasteiger partial charge in [-0.1, -0.05) is 18.2 Å². The summed E-state index contributed by atoms with van der Waals surface area (Å²) in [6.07, 6.45) is 0.692. The van der Waals surface area contributed by atoms with E-state index in [2.05, 4.69) is 19.7 Å². The zero-order chi connectivity index (χ0) is 24.8. The molecule has 0 aromatic carbocycles. The maximum Gasteiger partial charge on any atom is 0.336 e. The molecule has 0 amide bonds. The molecule has 0 saturated heterocycles. The molecule has 0 aliphatic rings. The molecule has 0 fully saturated rings. The van der Waals surface area contributed by atoms with Crippen LogP contribution in [0.5, 0.6) is 0 Å². The molecular formula is C21H33N3O9. The third-order valence-electron chi connectivity index (χ3n) is 4.20. The Bertz CT molecular complexity index is 785. The third-order valence-corrected chi connectivity index (χ3v) is 4.20. The quantitative estimate of drug-likeness (QED) is 0.161. The molecule has 0 spiro atoms. The van der Waals surface area contributed by atoms with Crippen molar-refractivity contribution in [1.82, 2.24) is 13.7 Å². The summed E-state index contributed by atoms with van der Waals surface area (Å²) in [5, 5.41) is 30.5. The molecular weight excluding hydrogens is 438 g/mol. The van der Waals surface area contributed by atoms with Crippen molar-refractivity contribution >= 4 is 0 Å². The van der Waals surface area contributed by atoms with Crippen LogP contribution in [-0.4, -0.2) is 87.0 Å². The Morgan fingerprint density at radius 2 is 0.848 bits per heavy atom. The molecule has 0 bridgehead atoms. The van der Waals surface area contributed by atoms with Gasteiger partial charge >= 0.3 is 17.1 Å². The highest BCUT2D eigenvalue weighted by Gasteiger charge is 2.21. The largest absolute Gasteiger partial charge is 0.389 e. The van der Waals surface area contributed by atoms with Crippen LogP contribution in [0.2, 0.25) is 0 Å². The Hall–Kier alpha value is -2.61. The van der Waals surface area contributed by atoms with Crippen molar-refractivity contribution in [3.05, 3.63) is 69.4 Å². The molecule has 1 aromatic rings. The smallest absolute Gasteiger partial charge is 0.336 e. The Morgan fingerprint density at radius 3 is 1.06 bits per heavy atom. The molecule has 3 atom stereocenters. The molecule has 33 heavy (non-hydrogen) atoms. The summed E-state index contributed by atoms with van der Waals surface area (Å²) < 4.78 is 17.3. The van der Waals surface area contributed by atoms with Gasteiger partial charge in [0.25, 0.3) is 0 Å².